The van der Waals surface area contributed by atoms with Gasteiger partial charge in [0.15, 0.2) is 0 Å². The van der Waals surface area contributed by atoms with E-state index in [1.54, 1.807) is 30.3 Å². The quantitative estimate of drug-likeness (QED) is 0.546. The minimum atomic E-state index is -0.493. The molecule has 2 aromatic carbocycles. The zero-order valence-electron chi connectivity index (χ0n) is 15.0. The molecule has 1 aliphatic rings. The summed E-state index contributed by atoms with van der Waals surface area (Å²) in [6.45, 7) is 2.88. The number of carbonyl (C=O) groups excluding carboxylic acids is 1. The van der Waals surface area contributed by atoms with E-state index in [1.165, 1.54) is 25.3 Å². The number of phenols is 1. The molecule has 0 aliphatic carbocycles. The molecule has 3 aromatic rings. The third-order valence-electron chi connectivity index (χ3n) is 5.09. The first kappa shape index (κ1) is 17.5. The number of anilines is 1. The van der Waals surface area contributed by atoms with E-state index in [4.69, 9.17) is 4.42 Å². The molecule has 1 saturated heterocycles. The Morgan fingerprint density at radius 1 is 1.04 bits per heavy atom. The molecular weight excluding hydrogens is 344 g/mol. The maximum Gasteiger partial charge on any atom is 0.344 e. The summed E-state index contributed by atoms with van der Waals surface area (Å²) in [6.07, 6.45) is 4.11. The smallest absolute Gasteiger partial charge is 0.344 e. The lowest BCUT2D eigenvalue weighted by molar-refractivity contribution is -0.116. The summed E-state index contributed by atoms with van der Waals surface area (Å²) < 4.78 is 5.31. The SMILES string of the molecule is O=C(CCN1CCCCC1)Nc1ccc2c(c1)c(=O)oc1cc(O)ccc12. The van der Waals surface area contributed by atoms with Crippen molar-refractivity contribution in [2.24, 2.45) is 0 Å². The summed E-state index contributed by atoms with van der Waals surface area (Å²) in [5.41, 5.74) is 0.426. The van der Waals surface area contributed by atoms with Gasteiger partial charge in [0.1, 0.15) is 11.3 Å². The first-order chi connectivity index (χ1) is 13.1. The van der Waals surface area contributed by atoms with Crippen molar-refractivity contribution in [2.75, 3.05) is 25.0 Å². The standard InChI is InChI=1S/C21H22N2O4/c24-15-5-7-17-16-6-4-14(12-18(16)21(26)27-19(17)13-15)22-20(25)8-11-23-9-2-1-3-10-23/h4-7,12-13,24H,1-3,8-11H2,(H,22,25). The number of hydrogen-bond donors (Lipinski definition) is 2. The van der Waals surface area contributed by atoms with E-state index < -0.39 is 5.63 Å². The van der Waals surface area contributed by atoms with Crippen molar-refractivity contribution in [3.63, 3.8) is 0 Å². The average molecular weight is 366 g/mol. The van der Waals surface area contributed by atoms with E-state index in [0.29, 0.717) is 23.1 Å². The van der Waals surface area contributed by atoms with Gasteiger partial charge in [-0.25, -0.2) is 4.79 Å². The van der Waals surface area contributed by atoms with E-state index in [9.17, 15) is 14.7 Å². The second-order valence-corrected chi connectivity index (χ2v) is 7.03. The van der Waals surface area contributed by atoms with Gasteiger partial charge in [0.05, 0.1) is 5.39 Å². The minimum Gasteiger partial charge on any atom is -0.508 e. The number of aromatic hydroxyl groups is 1. The van der Waals surface area contributed by atoms with Crippen LogP contribution >= 0.6 is 0 Å². The van der Waals surface area contributed by atoms with E-state index in [-0.39, 0.29) is 11.7 Å². The lowest BCUT2D eigenvalue weighted by atomic mass is 10.1. The molecule has 0 bridgehead atoms. The Morgan fingerprint density at radius 2 is 1.81 bits per heavy atom. The van der Waals surface area contributed by atoms with Crippen molar-refractivity contribution in [1.82, 2.24) is 4.90 Å². The summed E-state index contributed by atoms with van der Waals surface area (Å²) >= 11 is 0. The van der Waals surface area contributed by atoms with Crippen LogP contribution in [0, 0.1) is 0 Å². The van der Waals surface area contributed by atoms with Crippen LogP contribution in [0.2, 0.25) is 0 Å². The number of phenolic OH excluding ortho intramolecular Hbond substituents is 1. The van der Waals surface area contributed by atoms with E-state index in [0.717, 1.165) is 30.4 Å². The van der Waals surface area contributed by atoms with Crippen molar-refractivity contribution in [2.45, 2.75) is 25.7 Å². The summed E-state index contributed by atoms with van der Waals surface area (Å²) in [5.74, 6) is -0.0161. The lowest BCUT2D eigenvalue weighted by Gasteiger charge is -2.25. The fourth-order valence-corrected chi connectivity index (χ4v) is 3.66. The molecule has 0 radical (unpaired) electrons. The second-order valence-electron chi connectivity index (χ2n) is 7.03. The number of amides is 1. The molecule has 1 aromatic heterocycles. The minimum absolute atomic E-state index is 0.0441. The molecule has 140 valence electrons. The molecule has 4 rings (SSSR count). The van der Waals surface area contributed by atoms with Gasteiger partial charge < -0.3 is 19.7 Å². The summed E-state index contributed by atoms with van der Waals surface area (Å²) in [6, 6.07) is 9.92. The average Bonchev–Trinajstić information content (AvgIpc) is 2.67. The van der Waals surface area contributed by atoms with E-state index in [1.807, 2.05) is 0 Å². The Labute approximate surface area is 156 Å². The van der Waals surface area contributed by atoms with Gasteiger partial charge in [-0.3, -0.25) is 4.79 Å². The molecule has 0 unspecified atom stereocenters. The Balaban J connectivity index is 1.53. The molecule has 2 heterocycles. The Bertz CT molecular complexity index is 1050. The molecule has 27 heavy (non-hydrogen) atoms. The van der Waals surface area contributed by atoms with Gasteiger partial charge in [-0.2, -0.15) is 0 Å². The number of hydrogen-bond acceptors (Lipinski definition) is 5. The number of piperidine rings is 1. The number of nitrogens with zero attached hydrogens (tertiary/aromatic N) is 1. The van der Waals surface area contributed by atoms with E-state index >= 15 is 0 Å². The molecule has 6 nitrogen and oxygen atoms in total. The van der Waals surface area contributed by atoms with Gasteiger partial charge in [-0.1, -0.05) is 12.5 Å². The molecule has 1 amide bonds. The molecule has 1 aliphatic heterocycles. The molecule has 0 spiro atoms. The Morgan fingerprint density at radius 3 is 2.63 bits per heavy atom. The zero-order valence-corrected chi connectivity index (χ0v) is 15.0. The molecular formula is C21H22N2O4. The maximum atomic E-state index is 12.3. The Kier molecular flexibility index (Phi) is 4.81. The van der Waals surface area contributed by atoms with Crippen molar-refractivity contribution in [3.8, 4) is 5.75 Å². The van der Waals surface area contributed by atoms with Gasteiger partial charge >= 0.3 is 5.63 Å². The number of carbonyl (C=O) groups is 1. The topological polar surface area (TPSA) is 82.8 Å². The molecule has 6 heteroatoms. The number of fused-ring (bicyclic) bond motifs is 3. The highest BCUT2D eigenvalue weighted by atomic mass is 16.4. The fraction of sp³-hybridized carbons (Fsp3) is 0.333. The predicted octanol–water partition coefficient (Wildman–Crippen LogP) is 3.47. The molecule has 2 N–H and O–H groups in total. The van der Waals surface area contributed by atoms with Crippen LogP contribution in [-0.2, 0) is 4.79 Å². The number of rotatable bonds is 4. The monoisotopic (exact) mass is 366 g/mol. The normalized spacial score (nSPS) is 15.3. The van der Waals surface area contributed by atoms with Gasteiger partial charge in [0.25, 0.3) is 0 Å². The first-order valence-electron chi connectivity index (χ1n) is 9.32. The fourth-order valence-electron chi connectivity index (χ4n) is 3.66. The highest BCUT2D eigenvalue weighted by Crippen LogP contribution is 2.27. The van der Waals surface area contributed by atoms with Crippen LogP contribution in [0.15, 0.2) is 45.6 Å². The summed E-state index contributed by atoms with van der Waals surface area (Å²) in [4.78, 5) is 26.9. The van der Waals surface area contributed by atoms with Crippen LogP contribution < -0.4 is 10.9 Å². The molecule has 0 atom stereocenters. The van der Waals surface area contributed by atoms with Gasteiger partial charge in [-0.15, -0.1) is 0 Å². The van der Waals surface area contributed by atoms with Crippen LogP contribution in [-0.4, -0.2) is 35.5 Å². The van der Waals surface area contributed by atoms with E-state index in [2.05, 4.69) is 10.2 Å². The molecule has 0 saturated carbocycles. The van der Waals surface area contributed by atoms with Crippen LogP contribution in [0.25, 0.3) is 21.7 Å². The van der Waals surface area contributed by atoms with Crippen LogP contribution in [0.4, 0.5) is 5.69 Å². The van der Waals surface area contributed by atoms with Crippen LogP contribution in [0.1, 0.15) is 25.7 Å². The second kappa shape index (κ2) is 7.40. The number of benzene rings is 2. The third kappa shape index (κ3) is 3.80. The van der Waals surface area contributed by atoms with Gasteiger partial charge in [0.2, 0.25) is 5.91 Å². The van der Waals surface area contributed by atoms with Gasteiger partial charge in [0, 0.05) is 35.5 Å². The van der Waals surface area contributed by atoms with Crippen LogP contribution in [0.5, 0.6) is 5.75 Å². The van der Waals surface area contributed by atoms with Crippen molar-refractivity contribution in [3.05, 3.63) is 46.8 Å². The van der Waals surface area contributed by atoms with Crippen molar-refractivity contribution < 1.29 is 14.3 Å². The highest BCUT2D eigenvalue weighted by molar-refractivity contribution is 6.06. The summed E-state index contributed by atoms with van der Waals surface area (Å²) in [5, 5.41) is 14.3. The lowest BCUT2D eigenvalue weighted by Crippen LogP contribution is -2.32. The van der Waals surface area contributed by atoms with Gasteiger partial charge in [-0.05, 0) is 50.2 Å². The van der Waals surface area contributed by atoms with Crippen molar-refractivity contribution in [1.29, 1.82) is 0 Å². The first-order valence-corrected chi connectivity index (χ1v) is 9.32. The highest BCUT2D eigenvalue weighted by Gasteiger charge is 2.13. The number of nitrogens with one attached hydrogen (secondary N) is 1. The number of likely N-dealkylation sites (tertiary alicyclic amines) is 1. The zero-order chi connectivity index (χ0) is 18.8. The molecule has 1 fully saturated rings. The third-order valence-corrected chi connectivity index (χ3v) is 5.09. The predicted molar refractivity (Wildman–Crippen MR) is 105 cm³/mol. The van der Waals surface area contributed by atoms with Crippen LogP contribution in [0.3, 0.4) is 0 Å². The van der Waals surface area contributed by atoms with Crippen molar-refractivity contribution >= 4 is 33.3 Å². The summed E-state index contributed by atoms with van der Waals surface area (Å²) in [7, 11) is 0. The largest absolute Gasteiger partial charge is 0.508 e. The maximum absolute atomic E-state index is 12.3. The Hall–Kier alpha value is -2.86.